The van der Waals surface area contributed by atoms with E-state index in [1.54, 1.807) is 0 Å². The molecule has 1 aromatic rings. The minimum Gasteiger partial charge on any atom is -0.312 e. The van der Waals surface area contributed by atoms with Gasteiger partial charge in [0.25, 0.3) is 0 Å². The number of aryl methyl sites for hydroxylation is 1. The third-order valence-corrected chi connectivity index (χ3v) is 4.60. The summed E-state index contributed by atoms with van der Waals surface area (Å²) in [5.74, 6) is 0. The molecule has 2 rings (SSSR count). The van der Waals surface area contributed by atoms with Crippen LogP contribution in [0.1, 0.15) is 57.2 Å². The average molecular weight is 274 g/mol. The largest absolute Gasteiger partial charge is 0.312 e. The summed E-state index contributed by atoms with van der Waals surface area (Å²) in [4.78, 5) is 2.70. The molecule has 0 radical (unpaired) electrons. The van der Waals surface area contributed by atoms with E-state index in [2.05, 4.69) is 62.3 Å². The molecule has 0 bridgehead atoms. The molecular weight excluding hydrogens is 244 g/mol. The fourth-order valence-corrected chi connectivity index (χ4v) is 3.71. The van der Waals surface area contributed by atoms with Gasteiger partial charge < -0.3 is 5.32 Å². The second-order valence-electron chi connectivity index (χ2n) is 6.26. The number of rotatable bonds is 5. The van der Waals surface area contributed by atoms with Crippen molar-refractivity contribution in [3.05, 3.63) is 35.4 Å². The molecule has 0 aromatic heterocycles. The van der Waals surface area contributed by atoms with Crippen LogP contribution < -0.4 is 5.32 Å². The minimum atomic E-state index is 0.461. The van der Waals surface area contributed by atoms with E-state index in [-0.39, 0.29) is 0 Å². The molecule has 2 heteroatoms. The summed E-state index contributed by atoms with van der Waals surface area (Å²) in [7, 11) is 2.12. The summed E-state index contributed by atoms with van der Waals surface area (Å²) in [6.45, 7) is 8.15. The monoisotopic (exact) mass is 274 g/mol. The highest BCUT2D eigenvalue weighted by Gasteiger charge is 2.31. The smallest absolute Gasteiger partial charge is 0.0478 e. The lowest BCUT2D eigenvalue weighted by molar-refractivity contribution is 0.116. The van der Waals surface area contributed by atoms with E-state index < -0.39 is 0 Å². The molecule has 2 unspecified atom stereocenters. The number of hydrogen-bond donors (Lipinski definition) is 1. The number of hydrogen-bond acceptors (Lipinski definition) is 2. The molecule has 20 heavy (non-hydrogen) atoms. The van der Waals surface area contributed by atoms with E-state index in [0.717, 1.165) is 0 Å². The van der Waals surface area contributed by atoms with Crippen molar-refractivity contribution in [1.29, 1.82) is 0 Å². The molecule has 0 fully saturated rings. The summed E-state index contributed by atoms with van der Waals surface area (Å²) < 4.78 is 0. The molecule has 0 aliphatic heterocycles. The molecule has 0 saturated heterocycles. The Morgan fingerprint density at radius 3 is 2.70 bits per heavy atom. The second-order valence-corrected chi connectivity index (χ2v) is 6.26. The Bertz CT molecular complexity index is 414. The summed E-state index contributed by atoms with van der Waals surface area (Å²) >= 11 is 0. The number of benzene rings is 1. The fraction of sp³-hybridized carbons (Fsp3) is 0.667. The molecule has 0 spiro atoms. The minimum absolute atomic E-state index is 0.461. The van der Waals surface area contributed by atoms with Crippen LogP contribution in [-0.4, -0.2) is 30.6 Å². The van der Waals surface area contributed by atoms with E-state index >= 15 is 0 Å². The Morgan fingerprint density at radius 2 is 2.05 bits per heavy atom. The van der Waals surface area contributed by atoms with Gasteiger partial charge in [0.1, 0.15) is 0 Å². The van der Waals surface area contributed by atoms with Crippen molar-refractivity contribution in [2.24, 2.45) is 0 Å². The fourth-order valence-electron chi connectivity index (χ4n) is 3.71. The van der Waals surface area contributed by atoms with Gasteiger partial charge >= 0.3 is 0 Å². The second kappa shape index (κ2) is 7.24. The van der Waals surface area contributed by atoms with Crippen molar-refractivity contribution in [2.75, 3.05) is 13.6 Å². The van der Waals surface area contributed by atoms with E-state index in [1.165, 1.54) is 43.4 Å². The van der Waals surface area contributed by atoms with Gasteiger partial charge in [0.2, 0.25) is 0 Å². The first-order valence-corrected chi connectivity index (χ1v) is 8.19. The molecule has 0 saturated carbocycles. The Morgan fingerprint density at radius 1 is 1.30 bits per heavy atom. The van der Waals surface area contributed by atoms with Gasteiger partial charge in [-0.3, -0.25) is 4.90 Å². The molecule has 2 atom stereocenters. The lowest BCUT2D eigenvalue weighted by Crippen LogP contribution is -2.47. The number of nitrogens with zero attached hydrogens (tertiary/aromatic N) is 1. The maximum Gasteiger partial charge on any atom is 0.0478 e. The van der Waals surface area contributed by atoms with Crippen molar-refractivity contribution < 1.29 is 0 Å². The van der Waals surface area contributed by atoms with Gasteiger partial charge in [-0.1, -0.05) is 31.2 Å². The van der Waals surface area contributed by atoms with Crippen molar-refractivity contribution in [3.63, 3.8) is 0 Å². The van der Waals surface area contributed by atoms with Gasteiger partial charge in [-0.05, 0) is 64.3 Å². The first-order chi connectivity index (χ1) is 9.69. The summed E-state index contributed by atoms with van der Waals surface area (Å²) in [6, 6.07) is 10.7. The Balaban J connectivity index is 2.33. The zero-order valence-corrected chi connectivity index (χ0v) is 13.5. The van der Waals surface area contributed by atoms with E-state index in [1.807, 2.05) is 0 Å². The highest BCUT2D eigenvalue weighted by molar-refractivity contribution is 5.32. The third kappa shape index (κ3) is 3.24. The third-order valence-electron chi connectivity index (χ3n) is 4.60. The quantitative estimate of drug-likeness (QED) is 0.822. The van der Waals surface area contributed by atoms with Crippen LogP contribution in [0.3, 0.4) is 0 Å². The van der Waals surface area contributed by atoms with Crippen LogP contribution >= 0.6 is 0 Å². The van der Waals surface area contributed by atoms with Crippen LogP contribution in [0.5, 0.6) is 0 Å². The molecule has 1 aliphatic carbocycles. The van der Waals surface area contributed by atoms with Gasteiger partial charge in [0, 0.05) is 18.1 Å². The molecule has 1 aliphatic rings. The van der Waals surface area contributed by atoms with Crippen LogP contribution in [-0.2, 0) is 6.42 Å². The lowest BCUT2D eigenvalue weighted by atomic mass is 9.94. The molecule has 0 amide bonds. The Labute approximate surface area is 124 Å². The number of fused-ring (bicyclic) bond motifs is 1. The number of nitrogens with one attached hydrogen (secondary N) is 1. The molecule has 2 nitrogen and oxygen atoms in total. The topological polar surface area (TPSA) is 15.3 Å². The first-order valence-electron chi connectivity index (χ1n) is 8.19. The van der Waals surface area contributed by atoms with Crippen LogP contribution in [0.4, 0.5) is 0 Å². The van der Waals surface area contributed by atoms with Gasteiger partial charge in [0.05, 0.1) is 0 Å². The van der Waals surface area contributed by atoms with Crippen LogP contribution in [0, 0.1) is 0 Å². The van der Waals surface area contributed by atoms with E-state index in [4.69, 9.17) is 0 Å². The van der Waals surface area contributed by atoms with Crippen LogP contribution in [0.2, 0.25) is 0 Å². The SMILES string of the molecule is CCCN(C(C)C)C1CCCc2ccccc2C1NC. The van der Waals surface area contributed by atoms with Crippen LogP contribution in [0.15, 0.2) is 24.3 Å². The van der Waals surface area contributed by atoms with Crippen molar-refractivity contribution in [3.8, 4) is 0 Å². The maximum absolute atomic E-state index is 3.60. The highest BCUT2D eigenvalue weighted by Crippen LogP contribution is 2.32. The van der Waals surface area contributed by atoms with Gasteiger partial charge in [0.15, 0.2) is 0 Å². The molecule has 1 aromatic carbocycles. The average Bonchev–Trinajstić information content (AvgIpc) is 2.63. The van der Waals surface area contributed by atoms with Crippen molar-refractivity contribution >= 4 is 0 Å². The van der Waals surface area contributed by atoms with Crippen LogP contribution in [0.25, 0.3) is 0 Å². The van der Waals surface area contributed by atoms with E-state index in [0.29, 0.717) is 18.1 Å². The molecule has 1 N–H and O–H groups in total. The van der Waals surface area contributed by atoms with Gasteiger partial charge in [-0.2, -0.15) is 0 Å². The van der Waals surface area contributed by atoms with Crippen molar-refractivity contribution in [1.82, 2.24) is 10.2 Å². The number of likely N-dealkylation sites (N-methyl/N-ethyl adjacent to an activating group) is 1. The Kier molecular flexibility index (Phi) is 5.62. The van der Waals surface area contributed by atoms with Crippen molar-refractivity contribution in [2.45, 2.75) is 64.6 Å². The summed E-state index contributed by atoms with van der Waals surface area (Å²) in [5.41, 5.74) is 3.05. The normalized spacial score (nSPS) is 22.9. The predicted molar refractivity (Wildman–Crippen MR) is 87.1 cm³/mol. The molecular formula is C18H30N2. The zero-order chi connectivity index (χ0) is 14.5. The maximum atomic E-state index is 3.60. The molecule has 0 heterocycles. The van der Waals surface area contributed by atoms with Gasteiger partial charge in [-0.15, -0.1) is 0 Å². The first kappa shape index (κ1) is 15.5. The molecule has 112 valence electrons. The summed E-state index contributed by atoms with van der Waals surface area (Å²) in [5, 5.41) is 3.60. The lowest BCUT2D eigenvalue weighted by Gasteiger charge is -2.39. The predicted octanol–water partition coefficient (Wildman–Crippen LogP) is 3.77. The van der Waals surface area contributed by atoms with E-state index in [9.17, 15) is 0 Å². The van der Waals surface area contributed by atoms with Gasteiger partial charge in [-0.25, -0.2) is 0 Å². The highest BCUT2D eigenvalue weighted by atomic mass is 15.2. The summed E-state index contributed by atoms with van der Waals surface area (Å²) in [6.07, 6.45) is 5.04. The zero-order valence-electron chi connectivity index (χ0n) is 13.5. The Hall–Kier alpha value is -0.860. The standard InChI is InChI=1S/C18H30N2/c1-5-13-20(14(2)3)17-12-8-10-15-9-6-7-11-16(15)18(17)19-4/h6-7,9,11,14,17-19H,5,8,10,12-13H2,1-4H3.